The minimum atomic E-state index is 0.110. The van der Waals surface area contributed by atoms with E-state index in [9.17, 15) is 4.79 Å². The molecule has 6 nitrogen and oxygen atoms in total. The van der Waals surface area contributed by atoms with E-state index in [2.05, 4.69) is 46.1 Å². The summed E-state index contributed by atoms with van der Waals surface area (Å²) in [4.78, 5) is 12.9. The van der Waals surface area contributed by atoms with Gasteiger partial charge in [-0.05, 0) is 32.4 Å². The average Bonchev–Trinajstić information content (AvgIpc) is 3.30. The Morgan fingerprint density at radius 1 is 1.28 bits per heavy atom. The third kappa shape index (κ3) is 5.26. The van der Waals surface area contributed by atoms with Crippen LogP contribution in [0.5, 0.6) is 0 Å². The van der Waals surface area contributed by atoms with Gasteiger partial charge in [0, 0.05) is 30.6 Å². The SMILES string of the molecule is COCCNc1nnc(SCC(=O)c2cc(C)n(C(C)c3ccccc3)c2C)s1. The number of carbonyl (C=O) groups excluding carboxylic acids is 1. The maximum absolute atomic E-state index is 12.9. The highest BCUT2D eigenvalue weighted by Crippen LogP contribution is 2.29. The Hall–Kier alpha value is -2.16. The zero-order valence-corrected chi connectivity index (χ0v) is 18.8. The molecule has 0 aliphatic carbocycles. The van der Waals surface area contributed by atoms with Crippen molar-refractivity contribution in [3.63, 3.8) is 0 Å². The van der Waals surface area contributed by atoms with E-state index in [4.69, 9.17) is 4.74 Å². The van der Waals surface area contributed by atoms with Crippen LogP contribution in [-0.4, -0.2) is 46.6 Å². The number of ether oxygens (including phenoxy) is 1. The number of ketones is 1. The lowest BCUT2D eigenvalue weighted by Gasteiger charge is -2.19. The number of nitrogens with zero attached hydrogens (tertiary/aromatic N) is 3. The van der Waals surface area contributed by atoms with Crippen LogP contribution in [-0.2, 0) is 4.74 Å². The van der Waals surface area contributed by atoms with Gasteiger partial charge in [0.25, 0.3) is 0 Å². The molecule has 1 aromatic carbocycles. The quantitative estimate of drug-likeness (QED) is 0.288. The Kier molecular flexibility index (Phi) is 7.46. The molecule has 0 saturated carbocycles. The van der Waals surface area contributed by atoms with E-state index in [-0.39, 0.29) is 11.8 Å². The van der Waals surface area contributed by atoms with E-state index >= 15 is 0 Å². The monoisotopic (exact) mass is 430 g/mol. The van der Waals surface area contributed by atoms with Gasteiger partial charge in [0.15, 0.2) is 10.1 Å². The number of methoxy groups -OCH3 is 1. The zero-order valence-electron chi connectivity index (χ0n) is 17.1. The first kappa shape index (κ1) is 21.5. The van der Waals surface area contributed by atoms with Gasteiger partial charge in [-0.2, -0.15) is 0 Å². The fourth-order valence-electron chi connectivity index (χ4n) is 3.34. The maximum atomic E-state index is 12.9. The first-order valence-electron chi connectivity index (χ1n) is 9.47. The summed E-state index contributed by atoms with van der Waals surface area (Å²) in [6, 6.07) is 12.5. The Bertz CT molecular complexity index is 953. The minimum absolute atomic E-state index is 0.110. The van der Waals surface area contributed by atoms with Gasteiger partial charge in [-0.15, -0.1) is 10.2 Å². The smallest absolute Gasteiger partial charge is 0.206 e. The molecule has 154 valence electrons. The lowest BCUT2D eigenvalue weighted by molar-refractivity contribution is 0.102. The molecular weight excluding hydrogens is 404 g/mol. The van der Waals surface area contributed by atoms with Crippen LogP contribution in [0, 0.1) is 13.8 Å². The first-order valence-corrected chi connectivity index (χ1v) is 11.3. The molecule has 2 heterocycles. The largest absolute Gasteiger partial charge is 0.383 e. The minimum Gasteiger partial charge on any atom is -0.383 e. The van der Waals surface area contributed by atoms with Gasteiger partial charge in [0.1, 0.15) is 0 Å². The summed E-state index contributed by atoms with van der Waals surface area (Å²) in [5.41, 5.74) is 4.10. The van der Waals surface area contributed by atoms with Crippen LogP contribution in [0.25, 0.3) is 0 Å². The van der Waals surface area contributed by atoms with Crippen molar-refractivity contribution >= 4 is 34.0 Å². The molecule has 1 N–H and O–H groups in total. The molecule has 0 spiro atoms. The van der Waals surface area contributed by atoms with Gasteiger partial charge in [-0.3, -0.25) is 4.79 Å². The summed E-state index contributed by atoms with van der Waals surface area (Å²) >= 11 is 2.88. The summed E-state index contributed by atoms with van der Waals surface area (Å²) in [7, 11) is 1.66. The molecule has 0 bridgehead atoms. The number of aryl methyl sites for hydroxylation is 1. The lowest BCUT2D eigenvalue weighted by Crippen LogP contribution is -2.11. The van der Waals surface area contributed by atoms with Crippen molar-refractivity contribution < 1.29 is 9.53 Å². The number of carbonyl (C=O) groups is 1. The Balaban J connectivity index is 1.66. The van der Waals surface area contributed by atoms with Crippen LogP contribution in [0.15, 0.2) is 40.7 Å². The number of hydrogen-bond donors (Lipinski definition) is 1. The topological polar surface area (TPSA) is 69.0 Å². The number of anilines is 1. The molecule has 0 aliphatic heterocycles. The summed E-state index contributed by atoms with van der Waals surface area (Å²) in [6.07, 6.45) is 0. The second-order valence-corrected chi connectivity index (χ2v) is 8.95. The molecular formula is C21H26N4O2S2. The van der Waals surface area contributed by atoms with Crippen LogP contribution in [0.4, 0.5) is 5.13 Å². The molecule has 29 heavy (non-hydrogen) atoms. The van der Waals surface area contributed by atoms with Gasteiger partial charge >= 0.3 is 0 Å². The third-order valence-corrected chi connectivity index (χ3v) is 6.78. The van der Waals surface area contributed by atoms with Crippen molar-refractivity contribution in [1.82, 2.24) is 14.8 Å². The van der Waals surface area contributed by atoms with E-state index in [1.165, 1.54) is 28.7 Å². The molecule has 1 atom stereocenters. The molecule has 0 fully saturated rings. The molecule has 0 amide bonds. The van der Waals surface area contributed by atoms with Crippen LogP contribution < -0.4 is 5.32 Å². The number of hydrogen-bond acceptors (Lipinski definition) is 7. The van der Waals surface area contributed by atoms with Gasteiger partial charge in [0.2, 0.25) is 5.13 Å². The zero-order chi connectivity index (χ0) is 20.8. The predicted octanol–water partition coefficient (Wildman–Crippen LogP) is 4.60. The average molecular weight is 431 g/mol. The molecule has 3 aromatic rings. The van der Waals surface area contributed by atoms with Crippen molar-refractivity contribution in [3.8, 4) is 0 Å². The van der Waals surface area contributed by atoms with Crippen molar-refractivity contribution in [2.24, 2.45) is 0 Å². The second-order valence-electron chi connectivity index (χ2n) is 6.75. The number of benzene rings is 1. The predicted molar refractivity (Wildman–Crippen MR) is 119 cm³/mol. The van der Waals surface area contributed by atoms with E-state index in [0.29, 0.717) is 18.9 Å². The number of nitrogens with one attached hydrogen (secondary N) is 1. The fourth-order valence-corrected chi connectivity index (χ4v) is 5.00. The Labute approximate surface area is 179 Å². The van der Waals surface area contributed by atoms with Gasteiger partial charge < -0.3 is 14.6 Å². The molecule has 0 radical (unpaired) electrons. The molecule has 1 unspecified atom stereocenters. The van der Waals surface area contributed by atoms with E-state index < -0.39 is 0 Å². The van der Waals surface area contributed by atoms with E-state index in [1.54, 1.807) is 7.11 Å². The maximum Gasteiger partial charge on any atom is 0.206 e. The highest BCUT2D eigenvalue weighted by Gasteiger charge is 2.20. The summed E-state index contributed by atoms with van der Waals surface area (Å²) in [6.45, 7) is 7.53. The van der Waals surface area contributed by atoms with Gasteiger partial charge in [0.05, 0.1) is 18.4 Å². The van der Waals surface area contributed by atoms with E-state index in [1.807, 2.05) is 31.2 Å². The number of Topliss-reactive ketones (excluding diaryl/α,β-unsaturated/α-hetero) is 1. The van der Waals surface area contributed by atoms with Crippen LogP contribution in [0.2, 0.25) is 0 Å². The molecule has 8 heteroatoms. The fraction of sp³-hybridized carbons (Fsp3) is 0.381. The van der Waals surface area contributed by atoms with Crippen molar-refractivity contribution in [1.29, 1.82) is 0 Å². The molecule has 2 aromatic heterocycles. The number of aromatic nitrogens is 3. The lowest BCUT2D eigenvalue weighted by atomic mass is 10.1. The second kappa shape index (κ2) is 10.0. The summed E-state index contributed by atoms with van der Waals surface area (Å²) < 4.78 is 8.02. The van der Waals surface area contributed by atoms with Crippen LogP contribution >= 0.6 is 23.1 Å². The normalized spacial score (nSPS) is 12.1. The highest BCUT2D eigenvalue weighted by atomic mass is 32.2. The number of thioether (sulfide) groups is 1. The third-order valence-electron chi connectivity index (χ3n) is 4.77. The highest BCUT2D eigenvalue weighted by molar-refractivity contribution is 8.01. The van der Waals surface area contributed by atoms with Crippen molar-refractivity contribution in [2.45, 2.75) is 31.2 Å². The Morgan fingerprint density at radius 2 is 2.03 bits per heavy atom. The van der Waals surface area contributed by atoms with Gasteiger partial charge in [-0.25, -0.2) is 0 Å². The first-order chi connectivity index (χ1) is 14.0. The standard InChI is InChI=1S/C21H26N4O2S2/c1-14-12-18(16(3)25(14)15(2)17-8-6-5-7-9-17)19(26)13-28-21-24-23-20(29-21)22-10-11-27-4/h5-9,12,15H,10-11,13H2,1-4H3,(H,22,23). The number of rotatable bonds is 10. The van der Waals surface area contributed by atoms with Crippen LogP contribution in [0.3, 0.4) is 0 Å². The van der Waals surface area contributed by atoms with Gasteiger partial charge in [-0.1, -0.05) is 53.4 Å². The molecule has 0 aliphatic rings. The van der Waals surface area contributed by atoms with Crippen LogP contribution in [0.1, 0.15) is 40.3 Å². The summed E-state index contributed by atoms with van der Waals surface area (Å²) in [5.74, 6) is 0.454. The summed E-state index contributed by atoms with van der Waals surface area (Å²) in [5, 5.41) is 12.1. The Morgan fingerprint density at radius 3 is 2.76 bits per heavy atom. The molecule has 3 rings (SSSR count). The van der Waals surface area contributed by atoms with Crippen molar-refractivity contribution in [2.75, 3.05) is 31.3 Å². The van der Waals surface area contributed by atoms with Crippen molar-refractivity contribution in [3.05, 3.63) is 58.9 Å². The van der Waals surface area contributed by atoms with E-state index in [0.717, 1.165) is 26.4 Å². The molecule has 0 saturated heterocycles.